The molecule has 0 aliphatic carbocycles. The second-order valence-corrected chi connectivity index (χ2v) is 5.65. The van der Waals surface area contributed by atoms with Crippen LogP contribution >= 0.6 is 0 Å². The van der Waals surface area contributed by atoms with Gasteiger partial charge in [-0.1, -0.05) is 19.1 Å². The largest absolute Gasteiger partial charge is 0.350 e. The lowest BCUT2D eigenvalue weighted by Gasteiger charge is -2.37. The van der Waals surface area contributed by atoms with Gasteiger partial charge in [-0.25, -0.2) is 4.39 Å². The van der Waals surface area contributed by atoms with Crippen molar-refractivity contribution in [3.05, 3.63) is 35.1 Å². The Morgan fingerprint density at radius 1 is 1.29 bits per heavy atom. The average molecular weight is 235 g/mol. The molecule has 0 saturated carbocycles. The SMILES string of the molecule is Cc1ccc(C2(C)CC(=O)NC2(C)C)cc1F. The summed E-state index contributed by atoms with van der Waals surface area (Å²) in [6.07, 6.45) is 0.405. The minimum Gasteiger partial charge on any atom is -0.350 e. The Balaban J connectivity index is 2.51. The fraction of sp³-hybridized carbons (Fsp3) is 0.500. The Morgan fingerprint density at radius 2 is 1.94 bits per heavy atom. The van der Waals surface area contributed by atoms with Gasteiger partial charge in [-0.05, 0) is 38.0 Å². The first-order chi connectivity index (χ1) is 7.76. The van der Waals surface area contributed by atoms with Gasteiger partial charge in [0.15, 0.2) is 0 Å². The molecule has 17 heavy (non-hydrogen) atoms. The summed E-state index contributed by atoms with van der Waals surface area (Å²) in [6.45, 7) is 7.71. The van der Waals surface area contributed by atoms with E-state index in [-0.39, 0.29) is 22.7 Å². The van der Waals surface area contributed by atoms with E-state index in [4.69, 9.17) is 0 Å². The third kappa shape index (κ3) is 1.74. The van der Waals surface area contributed by atoms with Crippen LogP contribution in [0.25, 0.3) is 0 Å². The molecule has 0 radical (unpaired) electrons. The van der Waals surface area contributed by atoms with Crippen LogP contribution in [0, 0.1) is 12.7 Å². The first-order valence-electron chi connectivity index (χ1n) is 5.84. The highest BCUT2D eigenvalue weighted by Crippen LogP contribution is 2.42. The van der Waals surface area contributed by atoms with Gasteiger partial charge in [-0.3, -0.25) is 4.79 Å². The molecule has 1 fully saturated rings. The molecule has 0 bridgehead atoms. The molecular weight excluding hydrogens is 217 g/mol. The monoisotopic (exact) mass is 235 g/mol. The topological polar surface area (TPSA) is 29.1 Å². The fourth-order valence-corrected chi connectivity index (χ4v) is 2.47. The fourth-order valence-electron chi connectivity index (χ4n) is 2.47. The zero-order valence-corrected chi connectivity index (χ0v) is 10.7. The Hall–Kier alpha value is -1.38. The molecule has 2 rings (SSSR count). The molecule has 3 heteroatoms. The number of hydrogen-bond acceptors (Lipinski definition) is 1. The lowest BCUT2D eigenvalue weighted by Crippen LogP contribution is -2.48. The van der Waals surface area contributed by atoms with Crippen molar-refractivity contribution in [1.82, 2.24) is 5.32 Å². The maximum Gasteiger partial charge on any atom is 0.221 e. The molecule has 2 nitrogen and oxygen atoms in total. The van der Waals surface area contributed by atoms with Gasteiger partial charge in [0, 0.05) is 17.4 Å². The van der Waals surface area contributed by atoms with Gasteiger partial charge in [0.1, 0.15) is 5.82 Å². The molecule has 0 aromatic heterocycles. The molecule has 1 heterocycles. The highest BCUT2D eigenvalue weighted by molar-refractivity contribution is 5.82. The summed E-state index contributed by atoms with van der Waals surface area (Å²) in [5.41, 5.74) is 0.793. The Bertz CT molecular complexity index is 481. The number of hydrogen-bond donors (Lipinski definition) is 1. The van der Waals surface area contributed by atoms with Crippen molar-refractivity contribution in [3.63, 3.8) is 0 Å². The van der Waals surface area contributed by atoms with E-state index in [1.54, 1.807) is 19.1 Å². The van der Waals surface area contributed by atoms with Gasteiger partial charge in [-0.15, -0.1) is 0 Å². The summed E-state index contributed by atoms with van der Waals surface area (Å²) in [7, 11) is 0. The van der Waals surface area contributed by atoms with Crippen LogP contribution in [0.15, 0.2) is 18.2 Å². The summed E-state index contributed by atoms with van der Waals surface area (Å²) in [4.78, 5) is 11.6. The van der Waals surface area contributed by atoms with Gasteiger partial charge < -0.3 is 5.32 Å². The zero-order valence-electron chi connectivity index (χ0n) is 10.7. The normalized spacial score (nSPS) is 27.0. The van der Waals surface area contributed by atoms with Crippen LogP contribution in [0.5, 0.6) is 0 Å². The predicted octanol–water partition coefficient (Wildman–Crippen LogP) is 2.69. The lowest BCUT2D eigenvalue weighted by molar-refractivity contribution is -0.119. The van der Waals surface area contributed by atoms with E-state index < -0.39 is 0 Å². The lowest BCUT2D eigenvalue weighted by atomic mass is 9.69. The van der Waals surface area contributed by atoms with Crippen LogP contribution in [0.1, 0.15) is 38.3 Å². The van der Waals surface area contributed by atoms with Gasteiger partial charge in [0.2, 0.25) is 5.91 Å². The summed E-state index contributed by atoms with van der Waals surface area (Å²) in [6, 6.07) is 5.24. The van der Waals surface area contributed by atoms with Crippen molar-refractivity contribution in [2.75, 3.05) is 0 Å². The van der Waals surface area contributed by atoms with E-state index in [0.29, 0.717) is 12.0 Å². The summed E-state index contributed by atoms with van der Waals surface area (Å²) < 4.78 is 13.6. The van der Waals surface area contributed by atoms with Crippen molar-refractivity contribution in [1.29, 1.82) is 0 Å². The molecule has 1 atom stereocenters. The number of aryl methyl sites for hydroxylation is 1. The standard InChI is InChI=1S/C14H18FNO/c1-9-5-6-10(7-11(9)15)14(4)8-12(17)16-13(14,2)3/h5-7H,8H2,1-4H3,(H,16,17). The number of nitrogens with one attached hydrogen (secondary N) is 1. The number of carbonyl (C=O) groups is 1. The first-order valence-corrected chi connectivity index (χ1v) is 5.84. The molecule has 92 valence electrons. The van der Waals surface area contributed by atoms with E-state index in [9.17, 15) is 9.18 Å². The maximum atomic E-state index is 13.6. The van der Waals surface area contributed by atoms with Crippen molar-refractivity contribution in [3.8, 4) is 0 Å². The van der Waals surface area contributed by atoms with E-state index in [0.717, 1.165) is 5.56 Å². The van der Waals surface area contributed by atoms with E-state index in [1.807, 2.05) is 26.8 Å². The van der Waals surface area contributed by atoms with E-state index in [2.05, 4.69) is 5.32 Å². The molecular formula is C14H18FNO. The molecule has 1 saturated heterocycles. The number of amides is 1. The smallest absolute Gasteiger partial charge is 0.221 e. The quantitative estimate of drug-likeness (QED) is 0.796. The molecule has 1 N–H and O–H groups in total. The molecule has 1 aliphatic rings. The van der Waals surface area contributed by atoms with Gasteiger partial charge in [-0.2, -0.15) is 0 Å². The van der Waals surface area contributed by atoms with Crippen LogP contribution < -0.4 is 5.32 Å². The van der Waals surface area contributed by atoms with E-state index in [1.165, 1.54) is 0 Å². The maximum absolute atomic E-state index is 13.6. The van der Waals surface area contributed by atoms with Crippen molar-refractivity contribution in [2.45, 2.75) is 45.1 Å². The van der Waals surface area contributed by atoms with Crippen molar-refractivity contribution >= 4 is 5.91 Å². The average Bonchev–Trinajstić information content (AvgIpc) is 2.40. The van der Waals surface area contributed by atoms with Gasteiger partial charge in [0.25, 0.3) is 0 Å². The second-order valence-electron chi connectivity index (χ2n) is 5.65. The number of halogens is 1. The minimum atomic E-state index is -0.362. The van der Waals surface area contributed by atoms with Crippen LogP contribution in [0.2, 0.25) is 0 Å². The Morgan fingerprint density at radius 3 is 2.41 bits per heavy atom. The zero-order chi connectivity index (χ0) is 12.8. The molecule has 0 spiro atoms. The van der Waals surface area contributed by atoms with Gasteiger partial charge in [0.05, 0.1) is 0 Å². The van der Waals surface area contributed by atoms with Crippen molar-refractivity contribution in [2.24, 2.45) is 0 Å². The van der Waals surface area contributed by atoms with Crippen LogP contribution in [-0.4, -0.2) is 11.4 Å². The summed E-state index contributed by atoms with van der Waals surface area (Å²) >= 11 is 0. The minimum absolute atomic E-state index is 0.0264. The predicted molar refractivity (Wildman–Crippen MR) is 65.3 cm³/mol. The Labute approximate surface area is 101 Å². The third-order valence-corrected chi connectivity index (χ3v) is 4.15. The van der Waals surface area contributed by atoms with Crippen molar-refractivity contribution < 1.29 is 9.18 Å². The van der Waals surface area contributed by atoms with E-state index >= 15 is 0 Å². The molecule has 1 aliphatic heterocycles. The second kappa shape index (κ2) is 3.56. The first kappa shape index (κ1) is 12.1. The summed E-state index contributed by atoms with van der Waals surface area (Å²) in [5, 5.41) is 2.95. The Kier molecular flexibility index (Phi) is 2.53. The highest BCUT2D eigenvalue weighted by Gasteiger charge is 2.50. The number of benzene rings is 1. The van der Waals surface area contributed by atoms with Crippen LogP contribution in [0.3, 0.4) is 0 Å². The molecule has 1 aromatic carbocycles. The van der Waals surface area contributed by atoms with Crippen LogP contribution in [-0.2, 0) is 10.2 Å². The summed E-state index contributed by atoms with van der Waals surface area (Å²) in [5.74, 6) is -0.183. The van der Waals surface area contributed by atoms with Gasteiger partial charge >= 0.3 is 0 Å². The highest BCUT2D eigenvalue weighted by atomic mass is 19.1. The van der Waals surface area contributed by atoms with Crippen LogP contribution in [0.4, 0.5) is 4.39 Å². The number of carbonyl (C=O) groups excluding carboxylic acids is 1. The molecule has 1 aromatic rings. The molecule has 1 amide bonds. The molecule has 1 unspecified atom stereocenters. The third-order valence-electron chi connectivity index (χ3n) is 4.15. The number of rotatable bonds is 1.